The average molecular weight is 307 g/mol. The summed E-state index contributed by atoms with van der Waals surface area (Å²) < 4.78 is 5.09. The average Bonchev–Trinajstić information content (AvgIpc) is 2.48. The summed E-state index contributed by atoms with van der Waals surface area (Å²) >= 11 is 5.09. The van der Waals surface area contributed by atoms with Gasteiger partial charge >= 0.3 is 0 Å². The van der Waals surface area contributed by atoms with Crippen LogP contribution in [-0.2, 0) is 4.79 Å². The first-order chi connectivity index (χ1) is 10.1. The second-order valence-corrected chi connectivity index (χ2v) is 5.63. The summed E-state index contributed by atoms with van der Waals surface area (Å²) in [5.41, 5.74) is 6.52. The largest absolute Gasteiger partial charge is 0.497 e. The summed E-state index contributed by atoms with van der Waals surface area (Å²) in [4.78, 5) is 14.7. The molecule has 0 bridgehead atoms. The van der Waals surface area contributed by atoms with Crippen LogP contribution in [0.25, 0.3) is 0 Å². The van der Waals surface area contributed by atoms with Crippen molar-refractivity contribution in [3.63, 3.8) is 0 Å². The van der Waals surface area contributed by atoms with Gasteiger partial charge in [-0.1, -0.05) is 18.6 Å². The van der Waals surface area contributed by atoms with Crippen molar-refractivity contribution in [3.8, 4) is 5.75 Å². The molecule has 1 fully saturated rings. The highest BCUT2D eigenvalue weighted by Crippen LogP contribution is 2.18. The number of hydrogen-bond acceptors (Lipinski definition) is 4. The fourth-order valence-electron chi connectivity index (χ4n) is 2.56. The van der Waals surface area contributed by atoms with Gasteiger partial charge in [0.25, 0.3) is 0 Å². The Labute approximate surface area is 130 Å². The van der Waals surface area contributed by atoms with Gasteiger partial charge in [0, 0.05) is 5.69 Å². The summed E-state index contributed by atoms with van der Waals surface area (Å²) in [5, 5.41) is 2.88. The molecule has 1 heterocycles. The number of amides is 1. The Balaban J connectivity index is 1.92. The number of nitrogens with two attached hydrogens (primary N) is 1. The molecule has 0 aromatic heterocycles. The molecule has 114 valence electrons. The van der Waals surface area contributed by atoms with E-state index in [0.29, 0.717) is 11.5 Å². The van der Waals surface area contributed by atoms with E-state index in [2.05, 4.69) is 10.2 Å². The van der Waals surface area contributed by atoms with E-state index in [1.54, 1.807) is 7.11 Å². The van der Waals surface area contributed by atoms with E-state index < -0.39 is 0 Å². The van der Waals surface area contributed by atoms with Gasteiger partial charge in [0.05, 0.1) is 24.7 Å². The number of anilines is 1. The molecule has 2 rings (SSSR count). The first-order valence-corrected chi connectivity index (χ1v) is 7.48. The Morgan fingerprint density at radius 1 is 1.43 bits per heavy atom. The molecule has 1 aliphatic heterocycles. The number of nitrogens with zero attached hydrogens (tertiary/aromatic N) is 1. The fourth-order valence-corrected chi connectivity index (χ4v) is 2.83. The van der Waals surface area contributed by atoms with Crippen molar-refractivity contribution < 1.29 is 9.53 Å². The monoisotopic (exact) mass is 307 g/mol. The molecule has 0 aliphatic carbocycles. The molecule has 1 atom stereocenters. The lowest BCUT2D eigenvalue weighted by Crippen LogP contribution is -2.49. The van der Waals surface area contributed by atoms with Crippen LogP contribution in [-0.4, -0.2) is 42.0 Å². The number of methoxy groups -OCH3 is 1. The molecule has 5 nitrogen and oxygen atoms in total. The predicted octanol–water partition coefficient (Wildman–Crippen LogP) is 1.77. The van der Waals surface area contributed by atoms with E-state index in [-0.39, 0.29) is 11.9 Å². The number of rotatable bonds is 5. The number of carbonyl (C=O) groups is 1. The van der Waals surface area contributed by atoms with Crippen molar-refractivity contribution in [1.82, 2.24) is 4.90 Å². The number of nitrogens with one attached hydrogen (secondary N) is 1. The third kappa shape index (κ3) is 4.41. The van der Waals surface area contributed by atoms with Crippen LogP contribution in [0.2, 0.25) is 0 Å². The molecule has 1 saturated heterocycles. The Kier molecular flexibility index (Phi) is 5.52. The minimum atomic E-state index is -0.0525. The van der Waals surface area contributed by atoms with Crippen molar-refractivity contribution >= 4 is 28.8 Å². The highest BCUT2D eigenvalue weighted by molar-refractivity contribution is 7.80. The highest BCUT2D eigenvalue weighted by Gasteiger charge is 2.26. The van der Waals surface area contributed by atoms with Gasteiger partial charge in [-0.05, 0) is 43.7 Å². The highest BCUT2D eigenvalue weighted by atomic mass is 32.1. The molecule has 0 saturated carbocycles. The van der Waals surface area contributed by atoms with E-state index in [9.17, 15) is 4.79 Å². The third-order valence-electron chi connectivity index (χ3n) is 3.66. The second kappa shape index (κ2) is 7.38. The van der Waals surface area contributed by atoms with Crippen molar-refractivity contribution in [2.75, 3.05) is 25.5 Å². The zero-order valence-corrected chi connectivity index (χ0v) is 13.0. The number of carbonyl (C=O) groups excluding carboxylic acids is 1. The Morgan fingerprint density at radius 3 is 2.76 bits per heavy atom. The number of thiocarbonyl (C=S) groups is 1. The maximum Gasteiger partial charge on any atom is 0.238 e. The van der Waals surface area contributed by atoms with Gasteiger partial charge in [0.15, 0.2) is 0 Å². The summed E-state index contributed by atoms with van der Waals surface area (Å²) in [6, 6.07) is 7.30. The molecule has 1 aromatic rings. The normalized spacial score (nSPS) is 19.0. The molecule has 0 radical (unpaired) electrons. The Bertz CT molecular complexity index is 504. The van der Waals surface area contributed by atoms with Gasteiger partial charge in [-0.15, -0.1) is 0 Å². The van der Waals surface area contributed by atoms with Crippen LogP contribution in [0.15, 0.2) is 24.3 Å². The van der Waals surface area contributed by atoms with E-state index >= 15 is 0 Å². The van der Waals surface area contributed by atoms with Crippen LogP contribution in [0.5, 0.6) is 5.75 Å². The van der Waals surface area contributed by atoms with Crippen molar-refractivity contribution in [2.24, 2.45) is 5.73 Å². The zero-order valence-electron chi connectivity index (χ0n) is 12.2. The van der Waals surface area contributed by atoms with Crippen LogP contribution >= 0.6 is 12.2 Å². The van der Waals surface area contributed by atoms with Gasteiger partial charge in [-0.3, -0.25) is 9.69 Å². The number of hydrogen-bond donors (Lipinski definition) is 2. The van der Waals surface area contributed by atoms with Crippen LogP contribution in [0.1, 0.15) is 19.3 Å². The number of piperidine rings is 1. The van der Waals surface area contributed by atoms with Crippen LogP contribution in [0.3, 0.4) is 0 Å². The quantitative estimate of drug-likeness (QED) is 0.812. The SMILES string of the molecule is COc1ccc(NC(=O)CN2CCCCC2C(N)=S)cc1. The molecule has 1 unspecified atom stereocenters. The van der Waals surface area contributed by atoms with Gasteiger partial charge < -0.3 is 15.8 Å². The Hall–Kier alpha value is -1.66. The number of ether oxygens (including phenoxy) is 1. The number of benzene rings is 1. The fraction of sp³-hybridized carbons (Fsp3) is 0.467. The Morgan fingerprint density at radius 2 is 2.14 bits per heavy atom. The molecule has 21 heavy (non-hydrogen) atoms. The molecule has 0 spiro atoms. The minimum Gasteiger partial charge on any atom is -0.497 e. The molecule has 1 amide bonds. The molecular weight excluding hydrogens is 286 g/mol. The lowest BCUT2D eigenvalue weighted by Gasteiger charge is -2.34. The van der Waals surface area contributed by atoms with Gasteiger partial charge in [-0.2, -0.15) is 0 Å². The molecule has 1 aromatic carbocycles. The molecule has 6 heteroatoms. The summed E-state index contributed by atoms with van der Waals surface area (Å²) in [5.74, 6) is 0.709. The van der Waals surface area contributed by atoms with Crippen LogP contribution in [0, 0.1) is 0 Å². The maximum absolute atomic E-state index is 12.1. The van der Waals surface area contributed by atoms with Gasteiger partial charge in [0.1, 0.15) is 5.75 Å². The predicted molar refractivity (Wildman–Crippen MR) is 87.6 cm³/mol. The summed E-state index contributed by atoms with van der Waals surface area (Å²) in [7, 11) is 1.61. The minimum absolute atomic E-state index is 0.0374. The van der Waals surface area contributed by atoms with Crippen LogP contribution < -0.4 is 15.8 Å². The smallest absolute Gasteiger partial charge is 0.238 e. The molecule has 1 aliphatic rings. The van der Waals surface area contributed by atoms with Crippen molar-refractivity contribution in [3.05, 3.63) is 24.3 Å². The van der Waals surface area contributed by atoms with E-state index in [4.69, 9.17) is 22.7 Å². The van der Waals surface area contributed by atoms with E-state index in [0.717, 1.165) is 37.2 Å². The third-order valence-corrected chi connectivity index (χ3v) is 3.93. The summed E-state index contributed by atoms with van der Waals surface area (Å²) in [6.45, 7) is 1.17. The van der Waals surface area contributed by atoms with Crippen LogP contribution in [0.4, 0.5) is 5.69 Å². The second-order valence-electron chi connectivity index (χ2n) is 5.16. The number of likely N-dealkylation sites (tertiary alicyclic amines) is 1. The first kappa shape index (κ1) is 15.7. The van der Waals surface area contributed by atoms with E-state index in [1.165, 1.54) is 0 Å². The van der Waals surface area contributed by atoms with Gasteiger partial charge in [-0.25, -0.2) is 0 Å². The lowest BCUT2D eigenvalue weighted by molar-refractivity contribution is -0.117. The van der Waals surface area contributed by atoms with Gasteiger partial charge in [0.2, 0.25) is 5.91 Å². The van der Waals surface area contributed by atoms with Crippen molar-refractivity contribution in [2.45, 2.75) is 25.3 Å². The first-order valence-electron chi connectivity index (χ1n) is 7.07. The summed E-state index contributed by atoms with van der Waals surface area (Å²) in [6.07, 6.45) is 3.12. The lowest BCUT2D eigenvalue weighted by atomic mass is 10.0. The molecular formula is C15H21N3O2S. The maximum atomic E-state index is 12.1. The van der Waals surface area contributed by atoms with E-state index in [1.807, 2.05) is 24.3 Å². The zero-order chi connectivity index (χ0) is 15.2. The van der Waals surface area contributed by atoms with Crippen molar-refractivity contribution in [1.29, 1.82) is 0 Å². The standard InChI is InChI=1S/C15H21N3O2S/c1-20-12-7-5-11(6-8-12)17-14(19)10-18-9-3-2-4-13(18)15(16)21/h5-8,13H,2-4,9-10H2,1H3,(H2,16,21)(H,17,19). The molecule has 3 N–H and O–H groups in total. The topological polar surface area (TPSA) is 67.6 Å².